The van der Waals surface area contributed by atoms with Gasteiger partial charge in [-0.15, -0.1) is 0 Å². The number of nitrogens with one attached hydrogen (secondary N) is 1. The maximum atomic E-state index is 12.9. The van der Waals surface area contributed by atoms with Gasteiger partial charge in [0.15, 0.2) is 0 Å². The fourth-order valence-electron chi connectivity index (χ4n) is 4.28. The maximum Gasteiger partial charge on any atom is 0.251 e. The molecule has 1 saturated heterocycles. The second-order valence-electron chi connectivity index (χ2n) is 8.31. The summed E-state index contributed by atoms with van der Waals surface area (Å²) in [5.41, 5.74) is 1.26. The van der Waals surface area contributed by atoms with Gasteiger partial charge in [0, 0.05) is 30.8 Å². The second kappa shape index (κ2) is 9.83. The molecule has 0 radical (unpaired) electrons. The number of amides is 1. The van der Waals surface area contributed by atoms with Crippen LogP contribution in [0.1, 0.15) is 60.9 Å². The van der Waals surface area contributed by atoms with Gasteiger partial charge in [-0.3, -0.25) is 4.79 Å². The van der Waals surface area contributed by atoms with Crippen molar-refractivity contribution in [2.24, 2.45) is 0 Å². The van der Waals surface area contributed by atoms with E-state index in [1.54, 1.807) is 18.2 Å². The van der Waals surface area contributed by atoms with E-state index in [4.69, 9.17) is 4.74 Å². The Labute approximate surface area is 184 Å². The van der Waals surface area contributed by atoms with Crippen molar-refractivity contribution in [3.8, 4) is 5.75 Å². The predicted octanol–water partition coefficient (Wildman–Crippen LogP) is 4.11. The normalized spacial score (nSPS) is 18.1. The second-order valence-corrected chi connectivity index (χ2v) is 10.2. The molecule has 2 aromatic carbocycles. The summed E-state index contributed by atoms with van der Waals surface area (Å²) in [6.45, 7) is 1.40. The Balaban J connectivity index is 1.43. The molecular weight excluding hydrogens is 412 g/mol. The zero-order chi connectivity index (χ0) is 21.7. The summed E-state index contributed by atoms with van der Waals surface area (Å²) in [6.07, 6.45) is 7.58. The van der Waals surface area contributed by atoms with Crippen LogP contribution in [0, 0.1) is 0 Å². The number of rotatable bonds is 7. The van der Waals surface area contributed by atoms with Gasteiger partial charge in [-0.25, -0.2) is 8.42 Å². The van der Waals surface area contributed by atoms with Crippen molar-refractivity contribution >= 4 is 15.9 Å². The van der Waals surface area contributed by atoms with Gasteiger partial charge in [0.25, 0.3) is 5.91 Å². The van der Waals surface area contributed by atoms with Gasteiger partial charge in [-0.2, -0.15) is 4.31 Å². The highest BCUT2D eigenvalue weighted by atomic mass is 32.2. The van der Waals surface area contributed by atoms with E-state index >= 15 is 0 Å². The molecule has 2 aliphatic rings. The highest BCUT2D eigenvalue weighted by Crippen LogP contribution is 2.27. The molecule has 1 amide bonds. The maximum absolute atomic E-state index is 12.9. The lowest BCUT2D eigenvalue weighted by Crippen LogP contribution is -2.35. The Morgan fingerprint density at radius 2 is 1.71 bits per heavy atom. The van der Waals surface area contributed by atoms with E-state index < -0.39 is 10.0 Å². The first-order chi connectivity index (χ1) is 15.0. The number of para-hydroxylation sites is 1. The van der Waals surface area contributed by atoms with Crippen LogP contribution >= 0.6 is 0 Å². The molecule has 0 aromatic heterocycles. The zero-order valence-corrected chi connectivity index (χ0v) is 18.6. The monoisotopic (exact) mass is 442 g/mol. The van der Waals surface area contributed by atoms with Gasteiger partial charge in [0.2, 0.25) is 10.0 Å². The number of carbonyl (C=O) groups excluding carboxylic acids is 1. The average Bonchev–Trinajstić information content (AvgIpc) is 3.32. The molecule has 1 heterocycles. The third-order valence-electron chi connectivity index (χ3n) is 6.06. The molecule has 7 heteroatoms. The van der Waals surface area contributed by atoms with Gasteiger partial charge in [0.05, 0.1) is 11.0 Å². The van der Waals surface area contributed by atoms with Crippen LogP contribution < -0.4 is 10.1 Å². The molecule has 1 saturated carbocycles. The van der Waals surface area contributed by atoms with Gasteiger partial charge >= 0.3 is 0 Å². The first-order valence-electron chi connectivity index (χ1n) is 11.2. The minimum absolute atomic E-state index is 0.173. The van der Waals surface area contributed by atoms with Crippen molar-refractivity contribution in [3.63, 3.8) is 0 Å². The number of hydrogen-bond acceptors (Lipinski definition) is 4. The van der Waals surface area contributed by atoms with E-state index in [-0.39, 0.29) is 16.9 Å². The molecule has 2 fully saturated rings. The molecule has 1 aliphatic carbocycles. The quantitative estimate of drug-likeness (QED) is 0.700. The van der Waals surface area contributed by atoms with Crippen molar-refractivity contribution in [1.29, 1.82) is 0 Å². The van der Waals surface area contributed by atoms with E-state index in [0.29, 0.717) is 25.2 Å². The predicted molar refractivity (Wildman–Crippen MR) is 120 cm³/mol. The summed E-state index contributed by atoms with van der Waals surface area (Å²) >= 11 is 0. The topological polar surface area (TPSA) is 75.7 Å². The number of benzene rings is 2. The van der Waals surface area contributed by atoms with E-state index in [2.05, 4.69) is 5.32 Å². The third kappa shape index (κ3) is 5.28. The molecule has 0 atom stereocenters. The summed E-state index contributed by atoms with van der Waals surface area (Å²) in [5, 5.41) is 2.91. The molecule has 4 rings (SSSR count). The Morgan fingerprint density at radius 3 is 2.48 bits per heavy atom. The summed E-state index contributed by atoms with van der Waals surface area (Å²) in [4.78, 5) is 12.9. The van der Waals surface area contributed by atoms with Crippen LogP contribution in [0.4, 0.5) is 0 Å². The Hall–Kier alpha value is -2.38. The first kappa shape index (κ1) is 21.8. The number of ether oxygens (including phenoxy) is 1. The van der Waals surface area contributed by atoms with Crippen molar-refractivity contribution in [3.05, 3.63) is 59.7 Å². The molecule has 0 bridgehead atoms. The smallest absolute Gasteiger partial charge is 0.251 e. The molecule has 1 aliphatic heterocycles. The molecule has 166 valence electrons. The van der Waals surface area contributed by atoms with E-state index in [9.17, 15) is 13.2 Å². The molecule has 31 heavy (non-hydrogen) atoms. The standard InChI is InChI=1S/C24H30N2O4S/c27-24(25-18-20-9-2-5-14-23(20)30-21-11-3-4-12-21)19-10-8-13-22(17-19)31(28,29)26-15-6-1-7-16-26/h2,5,8-10,13-14,17,21H,1,3-4,6-7,11-12,15-16,18H2,(H,25,27). The summed E-state index contributed by atoms with van der Waals surface area (Å²) in [6, 6.07) is 14.0. The number of nitrogens with zero attached hydrogens (tertiary/aromatic N) is 1. The van der Waals surface area contributed by atoms with E-state index in [1.807, 2.05) is 24.3 Å². The molecule has 2 aromatic rings. The summed E-state index contributed by atoms with van der Waals surface area (Å²) in [5.74, 6) is 0.502. The lowest BCUT2D eigenvalue weighted by Gasteiger charge is -2.26. The van der Waals surface area contributed by atoms with Gasteiger partial charge in [0.1, 0.15) is 5.75 Å². The number of hydrogen-bond donors (Lipinski definition) is 1. The molecule has 0 unspecified atom stereocenters. The van der Waals surface area contributed by atoms with Crippen molar-refractivity contribution in [2.45, 2.75) is 62.5 Å². The Morgan fingerprint density at radius 1 is 0.968 bits per heavy atom. The minimum atomic E-state index is -3.57. The SMILES string of the molecule is O=C(NCc1ccccc1OC1CCCC1)c1cccc(S(=O)(=O)N2CCCCC2)c1. The van der Waals surface area contributed by atoms with Crippen LogP contribution in [0.15, 0.2) is 53.4 Å². The van der Waals surface area contributed by atoms with E-state index in [0.717, 1.165) is 43.4 Å². The van der Waals surface area contributed by atoms with Crippen LogP contribution in [0.2, 0.25) is 0 Å². The van der Waals surface area contributed by atoms with Crippen LogP contribution in [0.25, 0.3) is 0 Å². The molecule has 1 N–H and O–H groups in total. The average molecular weight is 443 g/mol. The minimum Gasteiger partial charge on any atom is -0.490 e. The summed E-state index contributed by atoms with van der Waals surface area (Å²) < 4.78 is 33.5. The fourth-order valence-corrected chi connectivity index (χ4v) is 5.84. The molecule has 0 spiro atoms. The van der Waals surface area contributed by atoms with Crippen molar-refractivity contribution < 1.29 is 17.9 Å². The van der Waals surface area contributed by atoms with Gasteiger partial charge in [-0.05, 0) is 62.8 Å². The zero-order valence-electron chi connectivity index (χ0n) is 17.8. The molecule has 6 nitrogen and oxygen atoms in total. The van der Waals surface area contributed by atoms with Crippen molar-refractivity contribution in [1.82, 2.24) is 9.62 Å². The number of carbonyl (C=O) groups is 1. The van der Waals surface area contributed by atoms with E-state index in [1.165, 1.54) is 23.2 Å². The lowest BCUT2D eigenvalue weighted by atomic mass is 10.1. The van der Waals surface area contributed by atoms with Crippen molar-refractivity contribution in [2.75, 3.05) is 13.1 Å². The largest absolute Gasteiger partial charge is 0.490 e. The van der Waals surface area contributed by atoms with Crippen LogP contribution in [0.5, 0.6) is 5.75 Å². The highest BCUT2D eigenvalue weighted by Gasteiger charge is 2.26. The summed E-state index contributed by atoms with van der Waals surface area (Å²) in [7, 11) is -3.57. The number of piperidine rings is 1. The number of sulfonamides is 1. The fraction of sp³-hybridized carbons (Fsp3) is 0.458. The van der Waals surface area contributed by atoms with Crippen LogP contribution in [-0.4, -0.2) is 37.8 Å². The third-order valence-corrected chi connectivity index (χ3v) is 7.95. The lowest BCUT2D eigenvalue weighted by molar-refractivity contribution is 0.0950. The van der Waals surface area contributed by atoms with Gasteiger partial charge < -0.3 is 10.1 Å². The van der Waals surface area contributed by atoms with Crippen LogP contribution in [-0.2, 0) is 16.6 Å². The first-order valence-corrected chi connectivity index (χ1v) is 12.6. The Kier molecular flexibility index (Phi) is 6.92. The van der Waals surface area contributed by atoms with Crippen LogP contribution in [0.3, 0.4) is 0 Å². The Bertz CT molecular complexity index is 1010. The highest BCUT2D eigenvalue weighted by molar-refractivity contribution is 7.89. The van der Waals surface area contributed by atoms with Gasteiger partial charge in [-0.1, -0.05) is 30.7 Å². The molecular formula is C24H30N2O4S.